The third kappa shape index (κ3) is 3.62. The van der Waals surface area contributed by atoms with E-state index in [1.165, 1.54) is 23.4 Å². The van der Waals surface area contributed by atoms with Crippen molar-refractivity contribution in [2.45, 2.75) is 38.0 Å². The molecule has 6 nitrogen and oxygen atoms in total. The maximum atomic E-state index is 12.6. The molecule has 1 atom stereocenters. The molecule has 7 heteroatoms. The van der Waals surface area contributed by atoms with E-state index in [9.17, 15) is 4.79 Å². The van der Waals surface area contributed by atoms with Gasteiger partial charge in [0, 0.05) is 41.1 Å². The SMILES string of the molecule is Cc1ccc(N2C[C@H](c3nc(-c4ccc(-c5csc(C6CC6)n5)cc4)no3)CC2=O)cc1. The number of carbonyl (C=O) groups is 1. The standard InChI is InChI=1S/C25H22N4O2S/c1-15-2-10-20(11-3-15)29-13-19(12-22(29)30)24-27-23(28-31-24)17-6-4-16(5-7-17)21-14-32-25(26-21)18-8-9-18/h2-7,10-11,14,18-19H,8-9,12-13H2,1H3/t19-/m1/s1. The molecule has 0 spiro atoms. The van der Waals surface area contributed by atoms with Crippen molar-refractivity contribution in [1.29, 1.82) is 0 Å². The molecule has 160 valence electrons. The molecule has 2 aromatic carbocycles. The van der Waals surface area contributed by atoms with Crippen molar-refractivity contribution in [3.05, 3.63) is 70.4 Å². The highest BCUT2D eigenvalue weighted by atomic mass is 32.1. The summed E-state index contributed by atoms with van der Waals surface area (Å²) in [6.07, 6.45) is 2.91. The molecule has 0 unspecified atom stereocenters. The summed E-state index contributed by atoms with van der Waals surface area (Å²) in [4.78, 5) is 23.8. The zero-order chi connectivity index (χ0) is 21.7. The molecular formula is C25H22N4O2S. The number of benzene rings is 2. The van der Waals surface area contributed by atoms with Crippen molar-refractivity contribution in [1.82, 2.24) is 15.1 Å². The van der Waals surface area contributed by atoms with E-state index in [-0.39, 0.29) is 11.8 Å². The first-order valence-corrected chi connectivity index (χ1v) is 11.8. The number of anilines is 1. The fourth-order valence-electron chi connectivity index (χ4n) is 4.09. The van der Waals surface area contributed by atoms with Gasteiger partial charge in [-0.25, -0.2) is 4.98 Å². The van der Waals surface area contributed by atoms with Crippen molar-refractivity contribution in [2.75, 3.05) is 11.4 Å². The minimum absolute atomic E-state index is 0.0804. The molecule has 6 rings (SSSR count). The normalized spacial score (nSPS) is 18.5. The van der Waals surface area contributed by atoms with Crippen LogP contribution in [0.2, 0.25) is 0 Å². The van der Waals surface area contributed by atoms with Crippen LogP contribution in [0.3, 0.4) is 0 Å². The molecule has 0 bridgehead atoms. The molecule has 1 saturated heterocycles. The van der Waals surface area contributed by atoms with Crippen molar-refractivity contribution < 1.29 is 9.32 Å². The lowest BCUT2D eigenvalue weighted by atomic mass is 10.1. The van der Waals surface area contributed by atoms with Crippen LogP contribution in [0.25, 0.3) is 22.6 Å². The molecule has 4 aromatic rings. The van der Waals surface area contributed by atoms with Crippen molar-refractivity contribution in [3.63, 3.8) is 0 Å². The largest absolute Gasteiger partial charge is 0.339 e. The highest BCUT2D eigenvalue weighted by molar-refractivity contribution is 7.10. The van der Waals surface area contributed by atoms with Gasteiger partial charge in [0.1, 0.15) is 0 Å². The Kier molecular flexibility index (Phi) is 4.64. The van der Waals surface area contributed by atoms with Gasteiger partial charge in [-0.05, 0) is 31.9 Å². The molecule has 2 fully saturated rings. The van der Waals surface area contributed by atoms with Crippen molar-refractivity contribution in [2.24, 2.45) is 0 Å². The summed E-state index contributed by atoms with van der Waals surface area (Å²) >= 11 is 1.75. The minimum atomic E-state index is -0.0971. The van der Waals surface area contributed by atoms with Gasteiger partial charge in [-0.2, -0.15) is 4.98 Å². The number of hydrogen-bond donors (Lipinski definition) is 0. The van der Waals surface area contributed by atoms with E-state index in [4.69, 9.17) is 9.51 Å². The molecule has 1 amide bonds. The second-order valence-corrected chi connectivity index (χ2v) is 9.51. The molecular weight excluding hydrogens is 420 g/mol. The van der Waals surface area contributed by atoms with E-state index >= 15 is 0 Å². The van der Waals surface area contributed by atoms with Crippen LogP contribution in [-0.2, 0) is 4.79 Å². The lowest BCUT2D eigenvalue weighted by molar-refractivity contribution is -0.117. The van der Waals surface area contributed by atoms with E-state index in [2.05, 4.69) is 27.7 Å². The molecule has 2 aromatic heterocycles. The quantitative estimate of drug-likeness (QED) is 0.404. The Morgan fingerprint density at radius 2 is 1.72 bits per heavy atom. The lowest BCUT2D eigenvalue weighted by Gasteiger charge is -2.16. The highest BCUT2D eigenvalue weighted by Gasteiger charge is 2.35. The summed E-state index contributed by atoms with van der Waals surface area (Å²) in [6.45, 7) is 2.59. The first-order valence-electron chi connectivity index (χ1n) is 10.9. The van der Waals surface area contributed by atoms with Crippen LogP contribution in [0.15, 0.2) is 58.4 Å². The van der Waals surface area contributed by atoms with Gasteiger partial charge in [-0.3, -0.25) is 4.79 Å². The zero-order valence-corrected chi connectivity index (χ0v) is 18.5. The third-order valence-electron chi connectivity index (χ3n) is 6.15. The predicted molar refractivity (Wildman–Crippen MR) is 124 cm³/mol. The van der Waals surface area contributed by atoms with E-state index in [0.29, 0.717) is 30.6 Å². The van der Waals surface area contributed by atoms with Crippen LogP contribution in [0, 0.1) is 6.92 Å². The number of rotatable bonds is 5. The molecule has 1 aliphatic carbocycles. The van der Waals surface area contributed by atoms with Gasteiger partial charge >= 0.3 is 0 Å². The second-order valence-electron chi connectivity index (χ2n) is 8.62. The van der Waals surface area contributed by atoms with E-state index in [0.717, 1.165) is 22.5 Å². The monoisotopic (exact) mass is 442 g/mol. The van der Waals surface area contributed by atoms with Gasteiger partial charge in [-0.15, -0.1) is 11.3 Å². The number of hydrogen-bond acceptors (Lipinski definition) is 6. The number of carbonyl (C=O) groups excluding carboxylic acids is 1. The maximum Gasteiger partial charge on any atom is 0.232 e. The van der Waals surface area contributed by atoms with Gasteiger partial charge in [0.25, 0.3) is 0 Å². The molecule has 1 saturated carbocycles. The topological polar surface area (TPSA) is 72.1 Å². The molecule has 0 N–H and O–H groups in total. The van der Waals surface area contributed by atoms with E-state index in [1.54, 1.807) is 16.2 Å². The Morgan fingerprint density at radius 3 is 2.47 bits per heavy atom. The van der Waals surface area contributed by atoms with Crippen molar-refractivity contribution in [3.8, 4) is 22.6 Å². The fourth-order valence-corrected chi connectivity index (χ4v) is 5.09. The average Bonchev–Trinajstić information content (AvgIpc) is 3.20. The summed E-state index contributed by atoms with van der Waals surface area (Å²) in [5.74, 6) is 1.72. The van der Waals surface area contributed by atoms with Crippen LogP contribution in [0.5, 0.6) is 0 Å². The number of aromatic nitrogens is 3. The smallest absolute Gasteiger partial charge is 0.232 e. The Balaban J connectivity index is 1.18. The molecule has 1 aliphatic heterocycles. The minimum Gasteiger partial charge on any atom is -0.339 e. The number of nitrogens with zero attached hydrogens (tertiary/aromatic N) is 4. The third-order valence-corrected chi connectivity index (χ3v) is 7.16. The van der Waals surface area contributed by atoms with Crippen LogP contribution in [-0.4, -0.2) is 27.6 Å². The van der Waals surface area contributed by atoms with Crippen LogP contribution < -0.4 is 4.90 Å². The van der Waals surface area contributed by atoms with Gasteiger partial charge in [0.2, 0.25) is 17.6 Å². The summed E-state index contributed by atoms with van der Waals surface area (Å²) in [5.41, 5.74) is 5.09. The van der Waals surface area contributed by atoms with Gasteiger partial charge in [0.15, 0.2) is 0 Å². The summed E-state index contributed by atoms with van der Waals surface area (Å²) in [5, 5.41) is 7.55. The summed E-state index contributed by atoms with van der Waals surface area (Å²) in [7, 11) is 0. The Morgan fingerprint density at radius 1 is 0.969 bits per heavy atom. The van der Waals surface area contributed by atoms with Crippen molar-refractivity contribution >= 4 is 22.9 Å². The van der Waals surface area contributed by atoms with Crippen LogP contribution >= 0.6 is 11.3 Å². The Labute approximate surface area is 189 Å². The fraction of sp³-hybridized carbons (Fsp3) is 0.280. The maximum absolute atomic E-state index is 12.6. The first-order chi connectivity index (χ1) is 15.6. The second kappa shape index (κ2) is 7.67. The first kappa shape index (κ1) is 19.4. The highest BCUT2D eigenvalue weighted by Crippen LogP contribution is 2.42. The average molecular weight is 443 g/mol. The van der Waals surface area contributed by atoms with Gasteiger partial charge in [0.05, 0.1) is 16.6 Å². The lowest BCUT2D eigenvalue weighted by Crippen LogP contribution is -2.24. The Hall–Kier alpha value is -3.32. The summed E-state index contributed by atoms with van der Waals surface area (Å²) < 4.78 is 5.56. The number of amides is 1. The van der Waals surface area contributed by atoms with Gasteiger partial charge in [-0.1, -0.05) is 47.1 Å². The molecule has 3 heterocycles. The molecule has 2 aliphatic rings. The number of aryl methyl sites for hydroxylation is 1. The van der Waals surface area contributed by atoms with Gasteiger partial charge < -0.3 is 9.42 Å². The zero-order valence-electron chi connectivity index (χ0n) is 17.7. The van der Waals surface area contributed by atoms with E-state index in [1.807, 2.05) is 43.3 Å². The molecule has 32 heavy (non-hydrogen) atoms. The van der Waals surface area contributed by atoms with Crippen LogP contribution in [0.1, 0.15) is 47.6 Å². The Bertz CT molecular complexity index is 1270. The van der Waals surface area contributed by atoms with E-state index < -0.39 is 0 Å². The predicted octanol–water partition coefficient (Wildman–Crippen LogP) is 5.57. The summed E-state index contributed by atoms with van der Waals surface area (Å²) in [6, 6.07) is 16.1. The molecule has 0 radical (unpaired) electrons. The number of thiazole rings is 1. The van der Waals surface area contributed by atoms with Crippen LogP contribution in [0.4, 0.5) is 5.69 Å².